The molecule has 0 spiro atoms. The number of hydrogen-bond donors (Lipinski definition) is 1. The minimum atomic E-state index is -3.51. The van der Waals surface area contributed by atoms with Gasteiger partial charge in [0, 0.05) is 17.9 Å². The third kappa shape index (κ3) is 4.14. The van der Waals surface area contributed by atoms with Crippen LogP contribution in [0.15, 0.2) is 29.2 Å². The zero-order valence-electron chi connectivity index (χ0n) is 12.8. The number of rotatable bonds is 3. The first kappa shape index (κ1) is 16.2. The van der Waals surface area contributed by atoms with Gasteiger partial charge in [0.25, 0.3) is 0 Å². The number of benzene rings is 1. The molecule has 0 aliphatic heterocycles. The Morgan fingerprint density at radius 3 is 2.24 bits per heavy atom. The van der Waals surface area contributed by atoms with Gasteiger partial charge in [-0.1, -0.05) is 18.6 Å². The van der Waals surface area contributed by atoms with Crippen LogP contribution < -0.4 is 4.72 Å². The van der Waals surface area contributed by atoms with Gasteiger partial charge in [-0.2, -0.15) is 0 Å². The molecule has 21 heavy (non-hydrogen) atoms. The van der Waals surface area contributed by atoms with Crippen LogP contribution in [0.25, 0.3) is 0 Å². The molecule has 1 atom stereocenters. The van der Waals surface area contributed by atoms with E-state index >= 15 is 0 Å². The lowest BCUT2D eigenvalue weighted by Crippen LogP contribution is -2.40. The van der Waals surface area contributed by atoms with Gasteiger partial charge in [0.1, 0.15) is 5.78 Å². The lowest BCUT2D eigenvalue weighted by molar-refractivity contribution is -0.121. The minimum Gasteiger partial charge on any atom is -0.299 e. The van der Waals surface area contributed by atoms with Crippen molar-refractivity contribution in [3.63, 3.8) is 0 Å². The van der Waals surface area contributed by atoms with Gasteiger partial charge in [0.15, 0.2) is 0 Å². The first-order valence-electron chi connectivity index (χ1n) is 7.36. The fraction of sp³-hybridized carbons (Fsp3) is 0.562. The van der Waals surface area contributed by atoms with Crippen LogP contribution in [0.5, 0.6) is 0 Å². The Morgan fingerprint density at radius 2 is 1.71 bits per heavy atom. The number of sulfonamides is 1. The second kappa shape index (κ2) is 5.89. The second-order valence-electron chi connectivity index (χ2n) is 6.69. The molecule has 5 heteroatoms. The highest BCUT2D eigenvalue weighted by Crippen LogP contribution is 2.30. The van der Waals surface area contributed by atoms with E-state index < -0.39 is 15.6 Å². The first-order chi connectivity index (χ1) is 9.69. The summed E-state index contributed by atoms with van der Waals surface area (Å²) in [5, 5.41) is 0. The van der Waals surface area contributed by atoms with E-state index in [1.165, 1.54) is 0 Å². The van der Waals surface area contributed by atoms with E-state index in [2.05, 4.69) is 4.72 Å². The molecule has 1 saturated carbocycles. The number of nitrogens with one attached hydrogen (secondary N) is 1. The van der Waals surface area contributed by atoms with Crippen LogP contribution in [0.2, 0.25) is 0 Å². The second-order valence-corrected chi connectivity index (χ2v) is 8.37. The molecule has 0 radical (unpaired) electrons. The van der Waals surface area contributed by atoms with Crippen LogP contribution in [0.3, 0.4) is 0 Å². The van der Waals surface area contributed by atoms with Crippen molar-refractivity contribution in [1.29, 1.82) is 0 Å². The summed E-state index contributed by atoms with van der Waals surface area (Å²) in [4.78, 5) is 12.2. The third-order valence-corrected chi connectivity index (χ3v) is 5.36. The molecular formula is C16H23NO3S. The topological polar surface area (TPSA) is 63.2 Å². The van der Waals surface area contributed by atoms with E-state index in [9.17, 15) is 13.2 Å². The highest BCUT2D eigenvalue weighted by molar-refractivity contribution is 7.89. The van der Waals surface area contributed by atoms with Crippen molar-refractivity contribution < 1.29 is 13.2 Å². The van der Waals surface area contributed by atoms with E-state index in [0.717, 1.165) is 24.8 Å². The lowest BCUT2D eigenvalue weighted by Gasteiger charge is -2.22. The number of carbonyl (C=O) groups excluding carboxylic acids is 1. The summed E-state index contributed by atoms with van der Waals surface area (Å²) in [5.74, 6) is 0.204. The van der Waals surface area contributed by atoms with E-state index in [-0.39, 0.29) is 16.6 Å². The molecule has 116 valence electrons. The minimum absolute atomic E-state index is 0.0638. The van der Waals surface area contributed by atoms with Crippen molar-refractivity contribution in [2.45, 2.75) is 62.8 Å². The number of ketones is 1. The van der Waals surface area contributed by atoms with E-state index in [1.54, 1.807) is 45.0 Å². The first-order valence-corrected chi connectivity index (χ1v) is 8.84. The van der Waals surface area contributed by atoms with Crippen molar-refractivity contribution in [2.75, 3.05) is 0 Å². The molecule has 1 aliphatic carbocycles. The zero-order chi connectivity index (χ0) is 15.7. The highest BCUT2D eigenvalue weighted by atomic mass is 32.2. The fourth-order valence-electron chi connectivity index (χ4n) is 2.68. The van der Waals surface area contributed by atoms with Gasteiger partial charge in [0.2, 0.25) is 10.0 Å². The summed E-state index contributed by atoms with van der Waals surface area (Å²) < 4.78 is 27.1. The smallest absolute Gasteiger partial charge is 0.241 e. The number of hydrogen-bond acceptors (Lipinski definition) is 3. The quantitative estimate of drug-likeness (QED) is 0.933. The van der Waals surface area contributed by atoms with Gasteiger partial charge in [-0.15, -0.1) is 0 Å². The fourth-order valence-corrected chi connectivity index (χ4v) is 4.10. The average Bonchev–Trinajstić information content (AvgIpc) is 2.37. The van der Waals surface area contributed by atoms with Crippen LogP contribution >= 0.6 is 0 Å². The van der Waals surface area contributed by atoms with Crippen molar-refractivity contribution >= 4 is 15.8 Å². The summed E-state index contributed by atoms with van der Waals surface area (Å²) in [6, 6.07) is 6.72. The summed E-state index contributed by atoms with van der Waals surface area (Å²) in [6.45, 7) is 5.42. The SMILES string of the molecule is CC(C)(C)NS(=O)(=O)c1ccc(C2CCCCC2=O)cc1. The molecule has 1 aromatic carbocycles. The molecule has 0 aromatic heterocycles. The Morgan fingerprint density at radius 1 is 1.10 bits per heavy atom. The molecule has 0 saturated heterocycles. The highest BCUT2D eigenvalue weighted by Gasteiger charge is 2.25. The largest absolute Gasteiger partial charge is 0.299 e. The molecule has 1 aromatic rings. The normalized spacial score (nSPS) is 20.5. The van der Waals surface area contributed by atoms with Crippen molar-refractivity contribution in [2.24, 2.45) is 0 Å². The van der Waals surface area contributed by atoms with Gasteiger partial charge in [0.05, 0.1) is 4.90 Å². The summed E-state index contributed by atoms with van der Waals surface area (Å²) in [6.07, 6.45) is 3.53. The van der Waals surface area contributed by atoms with E-state index in [0.29, 0.717) is 6.42 Å². The average molecular weight is 309 g/mol. The van der Waals surface area contributed by atoms with Crippen LogP contribution in [0.1, 0.15) is 57.9 Å². The third-order valence-electron chi connectivity index (χ3n) is 3.59. The van der Waals surface area contributed by atoms with Gasteiger partial charge in [-0.3, -0.25) is 4.79 Å². The van der Waals surface area contributed by atoms with Crippen molar-refractivity contribution in [3.8, 4) is 0 Å². The number of Topliss-reactive ketones (excluding diaryl/α,β-unsaturated/α-hetero) is 1. The standard InChI is InChI=1S/C16H23NO3S/c1-16(2,3)17-21(19,20)13-10-8-12(9-11-13)14-6-4-5-7-15(14)18/h8-11,14,17H,4-7H2,1-3H3. The van der Waals surface area contributed by atoms with Crippen LogP contribution in [0.4, 0.5) is 0 Å². The maximum absolute atomic E-state index is 12.2. The predicted molar refractivity (Wildman–Crippen MR) is 82.7 cm³/mol. The lowest BCUT2D eigenvalue weighted by atomic mass is 9.83. The summed E-state index contributed by atoms with van der Waals surface area (Å²) >= 11 is 0. The van der Waals surface area contributed by atoms with Gasteiger partial charge < -0.3 is 0 Å². The Hall–Kier alpha value is -1.20. The molecule has 1 N–H and O–H groups in total. The van der Waals surface area contributed by atoms with Crippen LogP contribution in [0, 0.1) is 0 Å². The molecule has 0 heterocycles. The Kier molecular flexibility index (Phi) is 4.54. The summed E-state index contributed by atoms with van der Waals surface area (Å²) in [7, 11) is -3.51. The monoisotopic (exact) mass is 309 g/mol. The molecule has 2 rings (SSSR count). The maximum atomic E-state index is 12.2. The van der Waals surface area contributed by atoms with Gasteiger partial charge in [-0.25, -0.2) is 13.1 Å². The summed E-state index contributed by atoms with van der Waals surface area (Å²) in [5.41, 5.74) is 0.408. The van der Waals surface area contributed by atoms with Crippen LogP contribution in [-0.2, 0) is 14.8 Å². The zero-order valence-corrected chi connectivity index (χ0v) is 13.7. The Bertz CT molecular complexity index is 612. The van der Waals surface area contributed by atoms with Crippen LogP contribution in [-0.4, -0.2) is 19.7 Å². The predicted octanol–water partition coefficient (Wildman–Crippen LogP) is 2.99. The Labute approximate surface area is 127 Å². The van der Waals surface area contributed by atoms with E-state index in [4.69, 9.17) is 0 Å². The molecule has 1 fully saturated rings. The molecule has 1 aliphatic rings. The van der Waals surface area contributed by atoms with Gasteiger partial charge in [-0.05, 0) is 51.3 Å². The van der Waals surface area contributed by atoms with Crippen molar-refractivity contribution in [3.05, 3.63) is 29.8 Å². The van der Waals surface area contributed by atoms with Crippen molar-refractivity contribution in [1.82, 2.24) is 4.72 Å². The molecule has 0 amide bonds. The van der Waals surface area contributed by atoms with E-state index in [1.807, 2.05) is 0 Å². The number of carbonyl (C=O) groups is 1. The molecule has 4 nitrogen and oxygen atoms in total. The Balaban J connectivity index is 2.21. The molecule has 1 unspecified atom stereocenters. The molecule has 0 bridgehead atoms. The molecular weight excluding hydrogens is 286 g/mol. The van der Waals surface area contributed by atoms with Gasteiger partial charge >= 0.3 is 0 Å². The maximum Gasteiger partial charge on any atom is 0.241 e.